The molecule has 0 unspecified atom stereocenters. The molecule has 114 valence electrons. The lowest BCUT2D eigenvalue weighted by atomic mass is 10.2. The number of rotatable bonds is 6. The average Bonchev–Trinajstić information content (AvgIpc) is 2.45. The monoisotopic (exact) mass is 313 g/mol. The topological polar surface area (TPSA) is 101 Å². The maximum atomic E-state index is 11.7. The van der Waals surface area contributed by atoms with Gasteiger partial charge in [0.2, 0.25) is 0 Å². The number of amides is 2. The van der Waals surface area contributed by atoms with Crippen LogP contribution < -0.4 is 10.6 Å². The van der Waals surface area contributed by atoms with Gasteiger partial charge in [-0.15, -0.1) is 0 Å². The molecule has 1 aromatic rings. The number of non-ortho nitro benzene ring substituents is 1. The molecule has 0 fully saturated rings. The van der Waals surface area contributed by atoms with Gasteiger partial charge >= 0.3 is 11.8 Å². The summed E-state index contributed by atoms with van der Waals surface area (Å²) in [6.45, 7) is 2.43. The van der Waals surface area contributed by atoms with Crippen molar-refractivity contribution in [3.63, 3.8) is 0 Å². The van der Waals surface area contributed by atoms with Crippen LogP contribution in [0.5, 0.6) is 0 Å². The van der Waals surface area contributed by atoms with Gasteiger partial charge in [0.25, 0.3) is 5.69 Å². The lowest BCUT2D eigenvalue weighted by Gasteiger charge is -2.07. The van der Waals surface area contributed by atoms with E-state index in [-0.39, 0.29) is 16.4 Å². The predicted octanol–water partition coefficient (Wildman–Crippen LogP) is 2.49. The van der Waals surface area contributed by atoms with E-state index in [2.05, 4.69) is 10.6 Å². The highest BCUT2D eigenvalue weighted by Gasteiger charge is 2.16. The molecule has 1 aromatic carbocycles. The predicted molar refractivity (Wildman–Crippen MR) is 79.3 cm³/mol. The van der Waals surface area contributed by atoms with Gasteiger partial charge in [-0.3, -0.25) is 19.7 Å². The summed E-state index contributed by atoms with van der Waals surface area (Å²) >= 11 is 5.83. The summed E-state index contributed by atoms with van der Waals surface area (Å²) in [4.78, 5) is 33.2. The number of halogens is 1. The van der Waals surface area contributed by atoms with Crippen molar-refractivity contribution in [2.45, 2.75) is 26.2 Å². The van der Waals surface area contributed by atoms with E-state index >= 15 is 0 Å². The quantitative estimate of drug-likeness (QED) is 0.364. The van der Waals surface area contributed by atoms with E-state index in [0.29, 0.717) is 6.54 Å². The normalized spacial score (nSPS) is 10.0. The molecule has 0 atom stereocenters. The van der Waals surface area contributed by atoms with Gasteiger partial charge in [0.15, 0.2) is 0 Å². The molecule has 0 bridgehead atoms. The first kappa shape index (κ1) is 16.9. The van der Waals surface area contributed by atoms with Crippen molar-refractivity contribution in [1.82, 2.24) is 5.32 Å². The largest absolute Gasteiger partial charge is 0.348 e. The fourth-order valence-corrected chi connectivity index (χ4v) is 1.72. The highest BCUT2D eigenvalue weighted by atomic mass is 35.5. The number of hydrogen-bond donors (Lipinski definition) is 2. The molecule has 0 aliphatic rings. The smallest absolute Gasteiger partial charge is 0.313 e. The van der Waals surface area contributed by atoms with Crippen LogP contribution in [0, 0.1) is 10.1 Å². The lowest BCUT2D eigenvalue weighted by Crippen LogP contribution is -2.35. The lowest BCUT2D eigenvalue weighted by molar-refractivity contribution is -0.384. The molecule has 0 saturated heterocycles. The molecule has 0 saturated carbocycles. The molecule has 0 aliphatic heterocycles. The van der Waals surface area contributed by atoms with Gasteiger partial charge in [0.05, 0.1) is 15.6 Å². The molecule has 0 heterocycles. The number of hydrogen-bond acceptors (Lipinski definition) is 4. The Morgan fingerprint density at radius 2 is 2.00 bits per heavy atom. The molecule has 2 amide bonds. The van der Waals surface area contributed by atoms with E-state index in [4.69, 9.17) is 11.6 Å². The Labute approximate surface area is 126 Å². The number of nitrogens with one attached hydrogen (secondary N) is 2. The summed E-state index contributed by atoms with van der Waals surface area (Å²) in [6.07, 6.45) is 2.75. The number of carbonyl (C=O) groups is 2. The maximum absolute atomic E-state index is 11.7. The van der Waals surface area contributed by atoms with Gasteiger partial charge in [-0.25, -0.2) is 0 Å². The summed E-state index contributed by atoms with van der Waals surface area (Å²) in [6, 6.07) is 3.60. The minimum Gasteiger partial charge on any atom is -0.348 e. The molecule has 0 aromatic heterocycles. The van der Waals surface area contributed by atoms with Crippen LogP contribution in [0.25, 0.3) is 0 Å². The second kappa shape index (κ2) is 8.21. The number of nitro groups is 1. The Morgan fingerprint density at radius 3 is 2.62 bits per heavy atom. The van der Waals surface area contributed by atoms with Crippen molar-refractivity contribution >= 4 is 34.8 Å². The summed E-state index contributed by atoms with van der Waals surface area (Å²) < 4.78 is 0. The van der Waals surface area contributed by atoms with Crippen LogP contribution in [0.4, 0.5) is 11.4 Å². The Morgan fingerprint density at radius 1 is 1.29 bits per heavy atom. The molecule has 0 spiro atoms. The van der Waals surface area contributed by atoms with Gasteiger partial charge in [-0.1, -0.05) is 31.4 Å². The zero-order valence-electron chi connectivity index (χ0n) is 11.5. The summed E-state index contributed by atoms with van der Waals surface area (Å²) in [5.41, 5.74) is -0.197. The molecular formula is C13H16ClN3O4. The first-order valence-corrected chi connectivity index (χ1v) is 6.86. The Bertz CT molecular complexity index is 548. The third-order valence-electron chi connectivity index (χ3n) is 2.68. The number of nitrogens with zero attached hydrogens (tertiary/aromatic N) is 1. The average molecular weight is 314 g/mol. The van der Waals surface area contributed by atoms with E-state index in [1.165, 1.54) is 12.1 Å². The number of unbranched alkanes of at least 4 members (excludes halogenated alkanes) is 2. The second-order valence-electron chi connectivity index (χ2n) is 4.34. The van der Waals surface area contributed by atoms with Crippen LogP contribution in [0.15, 0.2) is 18.2 Å². The summed E-state index contributed by atoms with van der Waals surface area (Å²) in [5, 5.41) is 15.5. The van der Waals surface area contributed by atoms with Crippen molar-refractivity contribution in [2.75, 3.05) is 11.9 Å². The molecule has 7 nitrogen and oxygen atoms in total. The Kier molecular flexibility index (Phi) is 6.61. The number of anilines is 1. The van der Waals surface area contributed by atoms with Crippen molar-refractivity contribution in [1.29, 1.82) is 0 Å². The molecule has 1 rings (SSSR count). The molecular weight excluding hydrogens is 298 g/mol. The van der Waals surface area contributed by atoms with Crippen LogP contribution in [-0.4, -0.2) is 23.3 Å². The fraction of sp³-hybridized carbons (Fsp3) is 0.385. The Balaban J connectivity index is 2.63. The Hall–Kier alpha value is -2.15. The van der Waals surface area contributed by atoms with E-state index in [1.54, 1.807) is 0 Å². The first-order chi connectivity index (χ1) is 9.95. The third kappa shape index (κ3) is 5.39. The van der Waals surface area contributed by atoms with E-state index in [9.17, 15) is 19.7 Å². The molecule has 8 heteroatoms. The van der Waals surface area contributed by atoms with Gasteiger partial charge in [0, 0.05) is 18.7 Å². The SMILES string of the molecule is CCCCCNC(=O)C(=O)Nc1cc([N+](=O)[O-])ccc1Cl. The van der Waals surface area contributed by atoms with Crippen molar-refractivity contribution in [3.8, 4) is 0 Å². The maximum Gasteiger partial charge on any atom is 0.313 e. The highest BCUT2D eigenvalue weighted by molar-refractivity contribution is 6.41. The van der Waals surface area contributed by atoms with Crippen LogP contribution in [0.3, 0.4) is 0 Å². The minimum atomic E-state index is -0.908. The molecule has 0 aliphatic carbocycles. The molecule has 21 heavy (non-hydrogen) atoms. The third-order valence-corrected chi connectivity index (χ3v) is 3.01. The van der Waals surface area contributed by atoms with Crippen molar-refractivity contribution in [3.05, 3.63) is 33.3 Å². The summed E-state index contributed by atoms with van der Waals surface area (Å²) in [7, 11) is 0. The van der Waals surface area contributed by atoms with Crippen LogP contribution in [0.2, 0.25) is 5.02 Å². The van der Waals surface area contributed by atoms with Gasteiger partial charge in [-0.05, 0) is 12.5 Å². The van der Waals surface area contributed by atoms with Crippen LogP contribution in [-0.2, 0) is 9.59 Å². The van der Waals surface area contributed by atoms with Gasteiger partial charge in [-0.2, -0.15) is 0 Å². The van der Waals surface area contributed by atoms with E-state index < -0.39 is 16.7 Å². The number of benzene rings is 1. The zero-order chi connectivity index (χ0) is 15.8. The van der Waals surface area contributed by atoms with Crippen molar-refractivity contribution in [2.24, 2.45) is 0 Å². The fourth-order valence-electron chi connectivity index (χ4n) is 1.56. The standard InChI is InChI=1S/C13H16ClN3O4/c1-2-3-4-7-15-12(18)13(19)16-11-8-9(17(20)21)5-6-10(11)14/h5-6,8H,2-4,7H2,1H3,(H,15,18)(H,16,19). The number of nitro benzene ring substituents is 1. The second-order valence-corrected chi connectivity index (χ2v) is 4.75. The van der Waals surface area contributed by atoms with E-state index in [0.717, 1.165) is 25.3 Å². The van der Waals surface area contributed by atoms with Crippen LogP contribution >= 0.6 is 11.6 Å². The summed E-state index contributed by atoms with van der Waals surface area (Å²) in [5.74, 6) is -1.71. The molecule has 2 N–H and O–H groups in total. The minimum absolute atomic E-state index is 0.0274. The van der Waals surface area contributed by atoms with E-state index in [1.807, 2.05) is 6.92 Å². The van der Waals surface area contributed by atoms with Gasteiger partial charge < -0.3 is 10.6 Å². The van der Waals surface area contributed by atoms with Crippen LogP contribution in [0.1, 0.15) is 26.2 Å². The van der Waals surface area contributed by atoms with Gasteiger partial charge in [0.1, 0.15) is 0 Å². The highest BCUT2D eigenvalue weighted by Crippen LogP contribution is 2.26. The van der Waals surface area contributed by atoms with Crippen molar-refractivity contribution < 1.29 is 14.5 Å². The zero-order valence-corrected chi connectivity index (χ0v) is 12.3. The molecule has 0 radical (unpaired) electrons. The number of carbonyl (C=O) groups excluding carboxylic acids is 2. The first-order valence-electron chi connectivity index (χ1n) is 6.48.